The minimum absolute atomic E-state index is 0.0286. The third-order valence-corrected chi connectivity index (χ3v) is 10.8. The second-order valence-corrected chi connectivity index (χ2v) is 12.5. The van der Waals surface area contributed by atoms with E-state index in [-0.39, 0.29) is 49.9 Å². The number of ketones is 1. The van der Waals surface area contributed by atoms with Crippen molar-refractivity contribution in [1.82, 2.24) is 0 Å². The number of thiocarbonyl (C=S) groups is 1. The Hall–Kier alpha value is -2.20. The predicted molar refractivity (Wildman–Crippen MR) is 136 cm³/mol. The number of hydrogen-bond donors (Lipinski definition) is 2. The van der Waals surface area contributed by atoms with Crippen LogP contribution in [-0.2, 0) is 23.9 Å². The van der Waals surface area contributed by atoms with Gasteiger partial charge in [-0.15, -0.1) is 0 Å². The second-order valence-electron chi connectivity index (χ2n) is 12.1. The summed E-state index contributed by atoms with van der Waals surface area (Å²) in [4.78, 5) is 37.8. The first kappa shape index (κ1) is 27.4. The number of fused-ring (bicyclic) bond motifs is 5. The smallest absolute Gasteiger partial charge is 0.313 e. The van der Waals surface area contributed by atoms with E-state index in [9.17, 15) is 24.6 Å². The molecule has 10 heteroatoms. The standard InChI is InChI=1S/C28H34F2O7S/c1-5-22(33)37-28(24(35)38)13(2)8-16-17-9-19(29)18-10-20(31)15(14-6-7-36-23(14)34)11-25(18,3)27(17,30)21(32)12-26(16,28)4/h10-11,13-14,16-17,19,21,32H,5-9,12H2,1-4H3,(H,35,38)/t13-,14+,16+,17+,19+,21+,25+,26+,27+,28-/m1/s1. The van der Waals surface area contributed by atoms with E-state index in [0.29, 0.717) is 0 Å². The fraction of sp³-hybridized carbons (Fsp3) is 0.714. The molecule has 5 aliphatic rings. The maximum atomic E-state index is 17.8. The van der Waals surface area contributed by atoms with Crippen LogP contribution >= 0.6 is 12.2 Å². The Kier molecular flexibility index (Phi) is 6.23. The maximum absolute atomic E-state index is 17.8. The van der Waals surface area contributed by atoms with Crippen molar-refractivity contribution in [1.29, 1.82) is 0 Å². The molecule has 0 aromatic rings. The molecule has 0 spiro atoms. The average Bonchev–Trinajstić information content (AvgIpc) is 3.36. The lowest BCUT2D eigenvalue weighted by Gasteiger charge is -2.63. The summed E-state index contributed by atoms with van der Waals surface area (Å²) >= 11 is 5.23. The number of carbonyl (C=O) groups is 3. The number of esters is 2. The number of aliphatic hydroxyl groups excluding tert-OH is 2. The van der Waals surface area contributed by atoms with E-state index in [1.807, 2.05) is 0 Å². The minimum Gasteiger partial charge on any atom is -0.499 e. The van der Waals surface area contributed by atoms with Crippen molar-refractivity contribution in [3.63, 3.8) is 0 Å². The van der Waals surface area contributed by atoms with Gasteiger partial charge in [-0.1, -0.05) is 26.8 Å². The van der Waals surface area contributed by atoms with Gasteiger partial charge in [-0.2, -0.15) is 0 Å². The molecule has 4 aliphatic carbocycles. The third kappa shape index (κ3) is 3.19. The molecular weight excluding hydrogens is 518 g/mol. The fourth-order valence-electron chi connectivity index (χ4n) is 8.67. The topological polar surface area (TPSA) is 110 Å². The highest BCUT2D eigenvalue weighted by Gasteiger charge is 2.78. The first-order valence-electron chi connectivity index (χ1n) is 13.3. The quantitative estimate of drug-likeness (QED) is 0.397. The molecule has 5 rings (SSSR count). The van der Waals surface area contributed by atoms with Crippen molar-refractivity contribution in [2.24, 2.45) is 34.5 Å². The monoisotopic (exact) mass is 552 g/mol. The van der Waals surface area contributed by atoms with Crippen LogP contribution in [-0.4, -0.2) is 63.1 Å². The normalized spacial score (nSPS) is 47.8. The number of cyclic esters (lactones) is 1. The fourth-order valence-corrected chi connectivity index (χ4v) is 9.15. The molecule has 10 atom stereocenters. The van der Waals surface area contributed by atoms with Gasteiger partial charge in [0.2, 0.25) is 5.05 Å². The van der Waals surface area contributed by atoms with Gasteiger partial charge in [0, 0.05) is 34.7 Å². The number of rotatable bonds is 4. The summed E-state index contributed by atoms with van der Waals surface area (Å²) in [6.45, 7) is 6.70. The van der Waals surface area contributed by atoms with Gasteiger partial charge in [0.15, 0.2) is 17.1 Å². The van der Waals surface area contributed by atoms with Crippen LogP contribution in [0.25, 0.3) is 0 Å². The molecule has 4 fully saturated rings. The Bertz CT molecular complexity index is 1180. The van der Waals surface area contributed by atoms with Crippen LogP contribution in [0.4, 0.5) is 8.78 Å². The van der Waals surface area contributed by atoms with Crippen molar-refractivity contribution in [3.05, 3.63) is 23.3 Å². The number of hydrogen-bond acceptors (Lipinski definition) is 7. The molecule has 1 heterocycles. The molecule has 1 aliphatic heterocycles. The lowest BCUT2D eigenvalue weighted by atomic mass is 9.44. The van der Waals surface area contributed by atoms with Crippen molar-refractivity contribution < 1.29 is 42.9 Å². The van der Waals surface area contributed by atoms with E-state index in [1.54, 1.807) is 20.8 Å². The first-order valence-corrected chi connectivity index (χ1v) is 13.7. The van der Waals surface area contributed by atoms with Crippen molar-refractivity contribution >= 4 is 35.0 Å². The van der Waals surface area contributed by atoms with Gasteiger partial charge in [0.25, 0.3) is 0 Å². The molecule has 0 aromatic heterocycles. The number of ether oxygens (including phenoxy) is 2. The van der Waals surface area contributed by atoms with Gasteiger partial charge in [0.1, 0.15) is 6.17 Å². The van der Waals surface area contributed by atoms with Crippen LogP contribution < -0.4 is 0 Å². The van der Waals surface area contributed by atoms with E-state index >= 15 is 8.78 Å². The summed E-state index contributed by atoms with van der Waals surface area (Å²) in [7, 11) is 0. The summed E-state index contributed by atoms with van der Waals surface area (Å²) in [5.74, 6) is -4.77. The highest BCUT2D eigenvalue weighted by Crippen LogP contribution is 2.72. The van der Waals surface area contributed by atoms with Gasteiger partial charge in [-0.05, 0) is 62.4 Å². The van der Waals surface area contributed by atoms with Gasteiger partial charge < -0.3 is 19.7 Å². The third-order valence-electron chi connectivity index (χ3n) is 10.5. The average molecular weight is 553 g/mol. The summed E-state index contributed by atoms with van der Waals surface area (Å²) in [5, 5.41) is 21.9. The molecule has 0 aromatic carbocycles. The van der Waals surface area contributed by atoms with Crippen LogP contribution in [0.2, 0.25) is 0 Å². The number of aliphatic hydroxyl groups is 2. The highest BCUT2D eigenvalue weighted by molar-refractivity contribution is 7.80. The minimum atomic E-state index is -2.40. The second kappa shape index (κ2) is 8.65. The molecular formula is C28H34F2O7S. The van der Waals surface area contributed by atoms with Crippen LogP contribution in [0.1, 0.15) is 59.8 Å². The molecule has 3 saturated carbocycles. The Balaban J connectivity index is 1.65. The van der Waals surface area contributed by atoms with Crippen LogP contribution in [0, 0.1) is 34.5 Å². The van der Waals surface area contributed by atoms with Crippen molar-refractivity contribution in [3.8, 4) is 0 Å². The number of halogens is 2. The van der Waals surface area contributed by atoms with Crippen LogP contribution in [0.15, 0.2) is 23.3 Å². The molecule has 1 saturated heterocycles. The number of alkyl halides is 2. The van der Waals surface area contributed by atoms with E-state index in [1.165, 1.54) is 13.0 Å². The van der Waals surface area contributed by atoms with E-state index in [2.05, 4.69) is 0 Å². The maximum Gasteiger partial charge on any atom is 0.313 e. The number of carbonyl (C=O) groups excluding carboxylic acids is 3. The van der Waals surface area contributed by atoms with Crippen LogP contribution in [0.3, 0.4) is 0 Å². The lowest BCUT2D eigenvalue weighted by Crippen LogP contribution is -2.71. The largest absolute Gasteiger partial charge is 0.499 e. The van der Waals surface area contributed by atoms with Crippen LogP contribution in [0.5, 0.6) is 0 Å². The Morgan fingerprint density at radius 3 is 2.53 bits per heavy atom. The van der Waals surface area contributed by atoms with E-state index in [0.717, 1.165) is 6.08 Å². The van der Waals surface area contributed by atoms with E-state index in [4.69, 9.17) is 21.7 Å². The Labute approximate surface area is 225 Å². The number of allylic oxidation sites excluding steroid dienone is 3. The van der Waals surface area contributed by atoms with Crippen molar-refractivity contribution in [2.75, 3.05) is 6.61 Å². The molecule has 0 unspecified atom stereocenters. The summed E-state index contributed by atoms with van der Waals surface area (Å²) in [6, 6.07) is 0. The lowest BCUT2D eigenvalue weighted by molar-refractivity contribution is -0.222. The molecule has 0 bridgehead atoms. The summed E-state index contributed by atoms with van der Waals surface area (Å²) in [5.41, 5.74) is -6.93. The van der Waals surface area contributed by atoms with Gasteiger partial charge in [-0.25, -0.2) is 8.78 Å². The molecule has 38 heavy (non-hydrogen) atoms. The van der Waals surface area contributed by atoms with Crippen molar-refractivity contribution in [2.45, 2.75) is 83.3 Å². The zero-order chi connectivity index (χ0) is 28.0. The van der Waals surface area contributed by atoms with E-state index < -0.39 is 80.8 Å². The summed E-state index contributed by atoms with van der Waals surface area (Å²) < 4.78 is 44.6. The highest BCUT2D eigenvalue weighted by atomic mass is 32.1. The molecule has 2 N–H and O–H groups in total. The predicted octanol–water partition coefficient (Wildman–Crippen LogP) is 4.06. The molecule has 7 nitrogen and oxygen atoms in total. The van der Waals surface area contributed by atoms with Gasteiger partial charge in [0.05, 0.1) is 18.6 Å². The Morgan fingerprint density at radius 1 is 1.26 bits per heavy atom. The Morgan fingerprint density at radius 2 is 1.95 bits per heavy atom. The molecule has 0 amide bonds. The van der Waals surface area contributed by atoms with Gasteiger partial charge >= 0.3 is 11.9 Å². The SMILES string of the molecule is CCC(=O)O[C@@]1(C(O)=S)[C@H](C)C[C@H]2[C@@H]3C[C@H](F)C4=CC(=O)C([C@@H]5CCOC5=O)=C[C@]4(C)[C@@]3(F)[C@@H](O)C[C@@]21C. The summed E-state index contributed by atoms with van der Waals surface area (Å²) in [6.07, 6.45) is -0.833. The zero-order valence-corrected chi connectivity index (χ0v) is 22.8. The first-order chi connectivity index (χ1) is 17.7. The zero-order valence-electron chi connectivity index (χ0n) is 22.0. The molecule has 208 valence electrons. The molecule has 0 radical (unpaired) electrons. The van der Waals surface area contributed by atoms with Gasteiger partial charge in [-0.3, -0.25) is 14.4 Å².